The Bertz CT molecular complexity index is 542. The molecule has 2 amide bonds. The molecule has 1 fully saturated rings. The van der Waals surface area contributed by atoms with Crippen LogP contribution >= 0.6 is 0 Å². The average Bonchev–Trinajstić information content (AvgIpc) is 2.54. The minimum atomic E-state index is -0.854. The highest BCUT2D eigenvalue weighted by Gasteiger charge is 2.23. The topological polar surface area (TPSA) is 69.6 Å². The molecule has 1 aromatic rings. The van der Waals surface area contributed by atoms with Gasteiger partial charge in [-0.1, -0.05) is 18.2 Å². The number of aliphatic carboxylic acids is 1. The Kier molecular flexibility index (Phi) is 6.38. The first kappa shape index (κ1) is 17.2. The molecule has 6 heteroatoms. The Labute approximate surface area is 135 Å². The lowest BCUT2D eigenvalue weighted by Crippen LogP contribution is -2.45. The third kappa shape index (κ3) is 5.54. The number of halogens is 1. The lowest BCUT2D eigenvalue weighted by Gasteiger charge is -2.32. The highest BCUT2D eigenvalue weighted by atomic mass is 19.1. The van der Waals surface area contributed by atoms with Gasteiger partial charge in [-0.3, -0.25) is 4.79 Å². The minimum Gasteiger partial charge on any atom is -0.481 e. The van der Waals surface area contributed by atoms with Gasteiger partial charge >= 0.3 is 12.0 Å². The zero-order valence-electron chi connectivity index (χ0n) is 13.1. The number of amides is 2. The van der Waals surface area contributed by atoms with Crippen LogP contribution in [-0.2, 0) is 11.2 Å². The molecule has 0 atom stereocenters. The van der Waals surface area contributed by atoms with Crippen molar-refractivity contribution in [1.29, 1.82) is 0 Å². The molecule has 0 aromatic heterocycles. The average molecular weight is 322 g/mol. The molecular formula is C17H23FN2O3. The number of hydrogen-bond acceptors (Lipinski definition) is 2. The standard InChI is InChI=1S/C17H23FN2O3/c18-15-5-2-1-4-14(15)12-13-7-10-20(11-8-13)17(23)19-9-3-6-16(21)22/h1-2,4-5,13H,3,6-12H2,(H,19,23)(H,21,22). The van der Waals surface area contributed by atoms with Crippen molar-refractivity contribution in [3.05, 3.63) is 35.6 Å². The van der Waals surface area contributed by atoms with Gasteiger partial charge in [0.2, 0.25) is 0 Å². The quantitative estimate of drug-likeness (QED) is 0.791. The Morgan fingerprint density at radius 1 is 1.26 bits per heavy atom. The van der Waals surface area contributed by atoms with Crippen LogP contribution < -0.4 is 5.32 Å². The number of carboxylic acids is 1. The fraction of sp³-hybridized carbons (Fsp3) is 0.529. The van der Waals surface area contributed by atoms with Crippen LogP contribution in [0, 0.1) is 11.7 Å². The molecule has 0 unspecified atom stereocenters. The number of carbonyl (C=O) groups excluding carboxylic acids is 1. The van der Waals surface area contributed by atoms with E-state index in [2.05, 4.69) is 5.32 Å². The molecule has 0 radical (unpaired) electrons. The van der Waals surface area contributed by atoms with Gasteiger partial charge < -0.3 is 15.3 Å². The predicted molar refractivity (Wildman–Crippen MR) is 84.7 cm³/mol. The molecule has 2 rings (SSSR count). The number of piperidine rings is 1. The molecule has 23 heavy (non-hydrogen) atoms. The number of likely N-dealkylation sites (tertiary alicyclic amines) is 1. The van der Waals surface area contributed by atoms with Crippen LogP contribution in [0.3, 0.4) is 0 Å². The maximum atomic E-state index is 13.7. The zero-order valence-corrected chi connectivity index (χ0v) is 13.1. The molecular weight excluding hydrogens is 299 g/mol. The third-order valence-electron chi connectivity index (χ3n) is 4.21. The van der Waals surface area contributed by atoms with Gasteiger partial charge in [-0.2, -0.15) is 0 Å². The molecule has 0 spiro atoms. The molecule has 1 saturated heterocycles. The summed E-state index contributed by atoms with van der Waals surface area (Å²) < 4.78 is 13.7. The van der Waals surface area contributed by atoms with Crippen molar-refractivity contribution >= 4 is 12.0 Å². The number of rotatable bonds is 6. The number of nitrogens with one attached hydrogen (secondary N) is 1. The van der Waals surface area contributed by atoms with Crippen LogP contribution in [0.15, 0.2) is 24.3 Å². The van der Waals surface area contributed by atoms with Gasteiger partial charge in [-0.25, -0.2) is 9.18 Å². The van der Waals surface area contributed by atoms with E-state index < -0.39 is 5.97 Å². The van der Waals surface area contributed by atoms with E-state index in [0.717, 1.165) is 18.4 Å². The van der Waals surface area contributed by atoms with Gasteiger partial charge in [-0.15, -0.1) is 0 Å². The van der Waals surface area contributed by atoms with Crippen LogP contribution in [0.2, 0.25) is 0 Å². The number of carbonyl (C=O) groups is 2. The summed E-state index contributed by atoms with van der Waals surface area (Å²) >= 11 is 0. The zero-order chi connectivity index (χ0) is 16.7. The number of hydrogen-bond donors (Lipinski definition) is 2. The van der Waals surface area contributed by atoms with Crippen molar-refractivity contribution < 1.29 is 19.1 Å². The summed E-state index contributed by atoms with van der Waals surface area (Å²) in [5, 5.41) is 11.3. The van der Waals surface area contributed by atoms with Crippen LogP contribution in [0.1, 0.15) is 31.2 Å². The van der Waals surface area contributed by atoms with Gasteiger partial charge in [0.05, 0.1) is 0 Å². The lowest BCUT2D eigenvalue weighted by atomic mass is 9.90. The number of urea groups is 1. The highest BCUT2D eigenvalue weighted by Crippen LogP contribution is 2.22. The molecule has 2 N–H and O–H groups in total. The monoisotopic (exact) mass is 322 g/mol. The van der Waals surface area contributed by atoms with Crippen molar-refractivity contribution in [2.24, 2.45) is 5.92 Å². The first-order chi connectivity index (χ1) is 11.1. The van der Waals surface area contributed by atoms with Gasteiger partial charge in [0, 0.05) is 26.1 Å². The van der Waals surface area contributed by atoms with E-state index in [4.69, 9.17) is 5.11 Å². The molecule has 1 aromatic carbocycles. The second kappa shape index (κ2) is 8.50. The molecule has 126 valence electrons. The van der Waals surface area contributed by atoms with Crippen LogP contribution in [0.5, 0.6) is 0 Å². The second-order valence-corrected chi connectivity index (χ2v) is 5.96. The second-order valence-electron chi connectivity index (χ2n) is 5.96. The number of benzene rings is 1. The van der Waals surface area contributed by atoms with Crippen molar-refractivity contribution in [3.8, 4) is 0 Å². The first-order valence-electron chi connectivity index (χ1n) is 8.04. The summed E-state index contributed by atoms with van der Waals surface area (Å²) in [4.78, 5) is 24.1. The van der Waals surface area contributed by atoms with Crippen molar-refractivity contribution in [2.75, 3.05) is 19.6 Å². The summed E-state index contributed by atoms with van der Waals surface area (Å²) in [5.41, 5.74) is 0.740. The summed E-state index contributed by atoms with van der Waals surface area (Å²) in [5.74, 6) is -0.623. The van der Waals surface area contributed by atoms with E-state index in [1.807, 2.05) is 12.1 Å². The fourth-order valence-corrected chi connectivity index (χ4v) is 2.86. The van der Waals surface area contributed by atoms with Crippen LogP contribution in [0.25, 0.3) is 0 Å². The van der Waals surface area contributed by atoms with E-state index >= 15 is 0 Å². The van der Waals surface area contributed by atoms with Gasteiger partial charge in [-0.05, 0) is 43.2 Å². The molecule has 0 bridgehead atoms. The Hall–Kier alpha value is -2.11. The van der Waals surface area contributed by atoms with E-state index in [-0.39, 0.29) is 18.3 Å². The largest absolute Gasteiger partial charge is 0.481 e. The lowest BCUT2D eigenvalue weighted by molar-refractivity contribution is -0.137. The van der Waals surface area contributed by atoms with Crippen molar-refractivity contribution in [3.63, 3.8) is 0 Å². The Morgan fingerprint density at radius 2 is 1.96 bits per heavy atom. The van der Waals surface area contributed by atoms with Gasteiger partial charge in [0.15, 0.2) is 0 Å². The van der Waals surface area contributed by atoms with Crippen molar-refractivity contribution in [2.45, 2.75) is 32.1 Å². The van der Waals surface area contributed by atoms with E-state index in [1.54, 1.807) is 11.0 Å². The number of nitrogens with zero attached hydrogens (tertiary/aromatic N) is 1. The van der Waals surface area contributed by atoms with Gasteiger partial charge in [0.25, 0.3) is 0 Å². The predicted octanol–water partition coefficient (Wildman–Crippen LogP) is 2.65. The smallest absolute Gasteiger partial charge is 0.317 e. The van der Waals surface area contributed by atoms with E-state index in [9.17, 15) is 14.0 Å². The fourth-order valence-electron chi connectivity index (χ4n) is 2.86. The summed E-state index contributed by atoms with van der Waals surface area (Å²) in [7, 11) is 0. The third-order valence-corrected chi connectivity index (χ3v) is 4.21. The minimum absolute atomic E-state index is 0.0605. The summed E-state index contributed by atoms with van der Waals surface area (Å²) in [6, 6.07) is 6.69. The summed E-state index contributed by atoms with van der Waals surface area (Å²) in [6.07, 6.45) is 2.92. The molecule has 5 nitrogen and oxygen atoms in total. The Balaban J connectivity index is 1.70. The SMILES string of the molecule is O=C(O)CCCNC(=O)N1CCC(Cc2ccccc2F)CC1. The highest BCUT2D eigenvalue weighted by molar-refractivity contribution is 5.74. The molecule has 1 heterocycles. The van der Waals surface area contributed by atoms with Crippen molar-refractivity contribution in [1.82, 2.24) is 10.2 Å². The maximum Gasteiger partial charge on any atom is 0.317 e. The number of carboxylic acid groups (broad SMARTS) is 1. The molecule has 0 saturated carbocycles. The molecule has 1 aliphatic rings. The maximum absolute atomic E-state index is 13.7. The van der Waals surface area contributed by atoms with E-state index in [1.165, 1.54) is 6.07 Å². The van der Waals surface area contributed by atoms with Crippen LogP contribution in [0.4, 0.5) is 9.18 Å². The van der Waals surface area contributed by atoms with Crippen LogP contribution in [-0.4, -0.2) is 41.6 Å². The molecule has 1 aliphatic heterocycles. The van der Waals surface area contributed by atoms with E-state index in [0.29, 0.717) is 38.4 Å². The summed E-state index contributed by atoms with van der Waals surface area (Å²) in [6.45, 7) is 1.69. The Morgan fingerprint density at radius 3 is 2.61 bits per heavy atom. The normalized spacial score (nSPS) is 15.4. The van der Waals surface area contributed by atoms with Gasteiger partial charge in [0.1, 0.15) is 5.82 Å². The first-order valence-corrected chi connectivity index (χ1v) is 8.04. The molecule has 0 aliphatic carbocycles.